The van der Waals surface area contributed by atoms with E-state index >= 15 is 0 Å². The number of nitrogens with zero attached hydrogens (tertiary/aromatic N) is 3. The van der Waals surface area contributed by atoms with Crippen LogP contribution in [0.3, 0.4) is 0 Å². The third-order valence-corrected chi connectivity index (χ3v) is 6.14. The van der Waals surface area contributed by atoms with Crippen molar-refractivity contribution in [1.29, 1.82) is 0 Å². The lowest BCUT2D eigenvalue weighted by molar-refractivity contribution is 0.386. The Morgan fingerprint density at radius 2 is 1.88 bits per heavy atom. The van der Waals surface area contributed by atoms with Crippen LogP contribution in [-0.2, 0) is 6.42 Å². The molecule has 1 aliphatic rings. The van der Waals surface area contributed by atoms with E-state index in [1.165, 1.54) is 5.56 Å². The first kappa shape index (κ1) is 22.2. The number of aryl methyl sites for hydroxylation is 2. The lowest BCUT2D eigenvalue weighted by atomic mass is 9.93. The topological polar surface area (TPSA) is 54.2 Å². The van der Waals surface area contributed by atoms with Crippen molar-refractivity contribution in [3.63, 3.8) is 0 Å². The van der Waals surface area contributed by atoms with E-state index in [0.29, 0.717) is 17.6 Å². The molecule has 166 valence electrons. The van der Waals surface area contributed by atoms with Crippen LogP contribution in [0.1, 0.15) is 56.3 Å². The van der Waals surface area contributed by atoms with Crippen LogP contribution in [0.4, 0.5) is 0 Å². The molecule has 0 saturated heterocycles. The van der Waals surface area contributed by atoms with Crippen LogP contribution in [0, 0.1) is 12.8 Å². The molecule has 0 amide bonds. The highest BCUT2D eigenvalue weighted by molar-refractivity contribution is 7.80. The molecule has 2 heterocycles. The van der Waals surface area contributed by atoms with Gasteiger partial charge in [-0.2, -0.15) is 4.98 Å². The molecule has 1 N–H and O–H groups in total. The maximum absolute atomic E-state index is 5.83. The van der Waals surface area contributed by atoms with Gasteiger partial charge in [-0.3, -0.25) is 0 Å². The van der Waals surface area contributed by atoms with Crippen LogP contribution in [0.2, 0.25) is 0 Å². The summed E-state index contributed by atoms with van der Waals surface area (Å²) >= 11 is 5.76. The second-order valence-electron chi connectivity index (χ2n) is 8.77. The Morgan fingerprint density at radius 1 is 1.12 bits per heavy atom. The third-order valence-electron chi connectivity index (χ3n) is 5.80. The van der Waals surface area contributed by atoms with Gasteiger partial charge in [-0.05, 0) is 55.6 Å². The molecule has 3 aromatic rings. The van der Waals surface area contributed by atoms with Crippen molar-refractivity contribution >= 4 is 22.9 Å². The van der Waals surface area contributed by atoms with Crippen molar-refractivity contribution in [2.45, 2.75) is 47.1 Å². The third kappa shape index (κ3) is 4.46. The van der Waals surface area contributed by atoms with E-state index in [1.807, 2.05) is 12.1 Å². The SMILES string of the molecule is CCc1ccc(C2NC(=S)N(CC(C)C)C(C)=C2c2nc(-c3cccc(C)c3)no2)cc1. The van der Waals surface area contributed by atoms with Gasteiger partial charge < -0.3 is 14.7 Å². The predicted octanol–water partition coefficient (Wildman–Crippen LogP) is 5.93. The number of rotatable bonds is 6. The number of nitrogens with one attached hydrogen (secondary N) is 1. The van der Waals surface area contributed by atoms with Gasteiger partial charge in [-0.15, -0.1) is 0 Å². The van der Waals surface area contributed by atoms with E-state index in [2.05, 4.69) is 86.4 Å². The Bertz CT molecular complexity index is 1150. The summed E-state index contributed by atoms with van der Waals surface area (Å²) < 4.78 is 5.83. The zero-order chi connectivity index (χ0) is 22.8. The minimum absolute atomic E-state index is 0.150. The lowest BCUT2D eigenvalue weighted by Gasteiger charge is -2.38. The maximum Gasteiger partial charge on any atom is 0.258 e. The van der Waals surface area contributed by atoms with E-state index in [-0.39, 0.29) is 6.04 Å². The Morgan fingerprint density at radius 3 is 2.53 bits per heavy atom. The van der Waals surface area contributed by atoms with E-state index in [4.69, 9.17) is 21.7 Å². The normalized spacial score (nSPS) is 16.6. The average Bonchev–Trinajstić information content (AvgIpc) is 3.26. The summed E-state index contributed by atoms with van der Waals surface area (Å²) in [6.45, 7) is 11.5. The van der Waals surface area contributed by atoms with Gasteiger partial charge in [0.25, 0.3) is 5.89 Å². The fourth-order valence-electron chi connectivity index (χ4n) is 4.07. The highest BCUT2D eigenvalue weighted by Crippen LogP contribution is 2.37. The molecule has 1 aromatic heterocycles. The predicted molar refractivity (Wildman–Crippen MR) is 133 cm³/mol. The van der Waals surface area contributed by atoms with Crippen molar-refractivity contribution < 1.29 is 4.52 Å². The van der Waals surface area contributed by atoms with E-state index in [9.17, 15) is 0 Å². The summed E-state index contributed by atoms with van der Waals surface area (Å²) in [5.41, 5.74) is 6.54. The van der Waals surface area contributed by atoms with Gasteiger partial charge in [0.15, 0.2) is 5.11 Å². The molecule has 1 atom stereocenters. The Hall–Kier alpha value is -2.99. The quantitative estimate of drug-likeness (QED) is 0.474. The Labute approximate surface area is 195 Å². The molecule has 0 bridgehead atoms. The van der Waals surface area contributed by atoms with Gasteiger partial charge in [0.1, 0.15) is 0 Å². The molecule has 0 fully saturated rings. The number of thiocarbonyl (C=S) groups is 1. The van der Waals surface area contributed by atoms with Crippen LogP contribution in [0.5, 0.6) is 0 Å². The summed E-state index contributed by atoms with van der Waals surface area (Å²) in [6.07, 6.45) is 1.00. The standard InChI is InChI=1S/C26H30N4OS/c1-6-19-10-12-20(13-11-19)23-22(18(5)30(15-16(2)3)26(32)27-23)25-28-24(29-31-25)21-9-7-8-17(4)14-21/h7-14,16,23H,6,15H2,1-5H3,(H,27,32). The number of hydrogen-bond donors (Lipinski definition) is 1. The van der Waals surface area contributed by atoms with Crippen molar-refractivity contribution in [3.8, 4) is 11.4 Å². The number of allylic oxidation sites excluding steroid dienone is 1. The van der Waals surface area contributed by atoms with Crippen LogP contribution in [-0.4, -0.2) is 26.7 Å². The van der Waals surface area contributed by atoms with Crippen LogP contribution in [0.15, 0.2) is 58.8 Å². The second-order valence-corrected chi connectivity index (χ2v) is 9.16. The monoisotopic (exact) mass is 446 g/mol. The van der Waals surface area contributed by atoms with Crippen molar-refractivity contribution in [1.82, 2.24) is 20.4 Å². The second kappa shape index (κ2) is 9.25. The molecule has 1 aliphatic heterocycles. The largest absolute Gasteiger partial charge is 0.351 e. The molecule has 2 aromatic carbocycles. The lowest BCUT2D eigenvalue weighted by Crippen LogP contribution is -2.47. The zero-order valence-corrected chi connectivity index (χ0v) is 20.2. The first-order valence-corrected chi connectivity index (χ1v) is 11.6. The van der Waals surface area contributed by atoms with Crippen LogP contribution in [0.25, 0.3) is 17.0 Å². The first-order chi connectivity index (χ1) is 15.4. The molecular formula is C26H30N4OS. The highest BCUT2D eigenvalue weighted by Gasteiger charge is 2.34. The summed E-state index contributed by atoms with van der Waals surface area (Å²) in [5, 5.41) is 8.56. The van der Waals surface area contributed by atoms with Crippen molar-refractivity contribution in [3.05, 3.63) is 76.8 Å². The molecule has 4 rings (SSSR count). The maximum atomic E-state index is 5.83. The summed E-state index contributed by atoms with van der Waals surface area (Å²) in [5.74, 6) is 1.57. The molecule has 0 aliphatic carbocycles. The fourth-order valence-corrected chi connectivity index (χ4v) is 4.40. The smallest absolute Gasteiger partial charge is 0.258 e. The summed E-state index contributed by atoms with van der Waals surface area (Å²) in [6, 6.07) is 16.6. The van der Waals surface area contributed by atoms with E-state index in [1.54, 1.807) is 0 Å². The zero-order valence-electron chi connectivity index (χ0n) is 19.3. The van der Waals surface area contributed by atoms with Crippen LogP contribution < -0.4 is 5.32 Å². The molecule has 1 unspecified atom stereocenters. The van der Waals surface area contributed by atoms with Gasteiger partial charge in [0.2, 0.25) is 5.82 Å². The molecule has 0 spiro atoms. The van der Waals surface area contributed by atoms with Gasteiger partial charge in [-0.1, -0.05) is 74.0 Å². The number of aromatic nitrogens is 2. The van der Waals surface area contributed by atoms with Crippen LogP contribution >= 0.6 is 12.2 Å². The minimum Gasteiger partial charge on any atom is -0.351 e. The Kier molecular flexibility index (Phi) is 6.42. The van der Waals surface area contributed by atoms with Crippen molar-refractivity contribution in [2.75, 3.05) is 6.54 Å². The molecule has 0 saturated carbocycles. The Balaban J connectivity index is 1.80. The highest BCUT2D eigenvalue weighted by atomic mass is 32.1. The fraction of sp³-hybridized carbons (Fsp3) is 0.346. The van der Waals surface area contributed by atoms with E-state index in [0.717, 1.165) is 46.0 Å². The number of benzene rings is 2. The van der Waals surface area contributed by atoms with Gasteiger partial charge in [-0.25, -0.2) is 0 Å². The first-order valence-electron chi connectivity index (χ1n) is 11.2. The molecule has 5 nitrogen and oxygen atoms in total. The average molecular weight is 447 g/mol. The molecule has 6 heteroatoms. The minimum atomic E-state index is -0.150. The molecule has 32 heavy (non-hydrogen) atoms. The molecular weight excluding hydrogens is 416 g/mol. The summed E-state index contributed by atoms with van der Waals surface area (Å²) in [4.78, 5) is 6.94. The van der Waals surface area contributed by atoms with Gasteiger partial charge in [0.05, 0.1) is 11.6 Å². The van der Waals surface area contributed by atoms with E-state index < -0.39 is 0 Å². The van der Waals surface area contributed by atoms with Gasteiger partial charge in [0, 0.05) is 17.8 Å². The molecule has 0 radical (unpaired) electrons. The van der Waals surface area contributed by atoms with Gasteiger partial charge >= 0.3 is 0 Å². The summed E-state index contributed by atoms with van der Waals surface area (Å²) in [7, 11) is 0. The number of hydrogen-bond acceptors (Lipinski definition) is 4. The van der Waals surface area contributed by atoms with Crippen molar-refractivity contribution in [2.24, 2.45) is 5.92 Å².